The zero-order chi connectivity index (χ0) is 12.0. The summed E-state index contributed by atoms with van der Waals surface area (Å²) in [6.45, 7) is 2.63. The van der Waals surface area contributed by atoms with E-state index in [1.165, 1.54) is 30.6 Å². The van der Waals surface area contributed by atoms with E-state index < -0.39 is 0 Å². The number of nitrogens with one attached hydrogen (secondary N) is 1. The van der Waals surface area contributed by atoms with Crippen molar-refractivity contribution in [2.75, 3.05) is 13.2 Å². The normalized spacial score (nSPS) is 25.6. The van der Waals surface area contributed by atoms with Crippen molar-refractivity contribution in [2.45, 2.75) is 56.5 Å². The minimum absolute atomic E-state index is 0.248. The first-order valence-electron chi connectivity index (χ1n) is 7.16. The van der Waals surface area contributed by atoms with Gasteiger partial charge in [-0.3, -0.25) is 0 Å². The Bertz CT molecular complexity index is 445. The maximum Gasteiger partial charge on any atom is 0.146 e. The molecule has 18 heavy (non-hydrogen) atoms. The monoisotopic (exact) mass is 248 g/mol. The van der Waals surface area contributed by atoms with Gasteiger partial charge in [-0.25, -0.2) is 0 Å². The zero-order valence-corrected chi connectivity index (χ0v) is 10.7. The fourth-order valence-corrected chi connectivity index (χ4v) is 3.40. The lowest BCUT2D eigenvalue weighted by atomic mass is 9.79. The van der Waals surface area contributed by atoms with Crippen LogP contribution in [0.2, 0.25) is 0 Å². The predicted molar refractivity (Wildman–Crippen MR) is 66.4 cm³/mol. The zero-order valence-electron chi connectivity index (χ0n) is 10.7. The number of ether oxygens (including phenoxy) is 1. The van der Waals surface area contributed by atoms with Gasteiger partial charge in [0, 0.05) is 36.8 Å². The highest BCUT2D eigenvalue weighted by molar-refractivity contribution is 5.35. The first-order chi connectivity index (χ1) is 8.87. The molecule has 0 bridgehead atoms. The van der Waals surface area contributed by atoms with Crippen LogP contribution >= 0.6 is 0 Å². The molecule has 1 N–H and O–H groups in total. The van der Waals surface area contributed by atoms with Gasteiger partial charge in [-0.1, -0.05) is 5.16 Å². The highest BCUT2D eigenvalue weighted by Gasteiger charge is 2.45. The predicted octanol–water partition coefficient (Wildman–Crippen LogP) is 1.92. The van der Waals surface area contributed by atoms with Gasteiger partial charge in [0.2, 0.25) is 0 Å². The molecule has 0 amide bonds. The molecule has 1 aliphatic heterocycles. The van der Waals surface area contributed by atoms with Gasteiger partial charge in [0.1, 0.15) is 11.5 Å². The summed E-state index contributed by atoms with van der Waals surface area (Å²) in [6, 6.07) is 0.732. The van der Waals surface area contributed by atoms with Crippen LogP contribution in [-0.2, 0) is 23.1 Å². The maximum atomic E-state index is 5.71. The van der Waals surface area contributed by atoms with Crippen LogP contribution < -0.4 is 5.32 Å². The lowest BCUT2D eigenvalue weighted by Gasteiger charge is -2.31. The molecule has 2 heterocycles. The third-order valence-corrected chi connectivity index (χ3v) is 4.79. The lowest BCUT2D eigenvalue weighted by molar-refractivity contribution is 0.0407. The highest BCUT2D eigenvalue weighted by atomic mass is 16.5. The Balaban J connectivity index is 1.56. The molecule has 0 unspecified atom stereocenters. The SMILES string of the molecule is C1CC2(CCO1)CCc1c(CNC3CC3)noc12. The summed E-state index contributed by atoms with van der Waals surface area (Å²) < 4.78 is 11.2. The minimum Gasteiger partial charge on any atom is -0.381 e. The Morgan fingerprint density at radius 2 is 2.06 bits per heavy atom. The van der Waals surface area contributed by atoms with Gasteiger partial charge in [0.15, 0.2) is 0 Å². The minimum atomic E-state index is 0.248. The van der Waals surface area contributed by atoms with E-state index in [1.807, 2.05) is 0 Å². The molecule has 1 aromatic rings. The lowest BCUT2D eigenvalue weighted by Crippen LogP contribution is -2.31. The smallest absolute Gasteiger partial charge is 0.146 e. The third-order valence-electron chi connectivity index (χ3n) is 4.79. The molecule has 4 heteroatoms. The molecule has 4 nitrogen and oxygen atoms in total. The second kappa shape index (κ2) is 4.07. The van der Waals surface area contributed by atoms with Gasteiger partial charge < -0.3 is 14.6 Å². The van der Waals surface area contributed by atoms with Crippen molar-refractivity contribution in [2.24, 2.45) is 0 Å². The highest BCUT2D eigenvalue weighted by Crippen LogP contribution is 2.46. The fraction of sp³-hybridized carbons (Fsp3) is 0.786. The summed E-state index contributed by atoms with van der Waals surface area (Å²) in [5, 5.41) is 7.84. The van der Waals surface area contributed by atoms with Crippen molar-refractivity contribution in [1.29, 1.82) is 0 Å². The molecule has 1 saturated carbocycles. The summed E-state index contributed by atoms with van der Waals surface area (Å²) >= 11 is 0. The summed E-state index contributed by atoms with van der Waals surface area (Å²) in [5.41, 5.74) is 2.80. The van der Waals surface area contributed by atoms with Crippen molar-refractivity contribution in [3.8, 4) is 0 Å². The number of aromatic nitrogens is 1. The Morgan fingerprint density at radius 3 is 2.83 bits per heavy atom. The summed E-state index contributed by atoms with van der Waals surface area (Å²) in [4.78, 5) is 0. The van der Waals surface area contributed by atoms with Crippen LogP contribution in [-0.4, -0.2) is 24.4 Å². The number of hydrogen-bond acceptors (Lipinski definition) is 4. The van der Waals surface area contributed by atoms with E-state index in [0.29, 0.717) is 0 Å². The average Bonchev–Trinajstić information content (AvgIpc) is 3.05. The number of nitrogens with zero attached hydrogens (tertiary/aromatic N) is 1. The molecule has 0 atom stereocenters. The first kappa shape index (κ1) is 11.0. The summed E-state index contributed by atoms with van der Waals surface area (Å²) in [6.07, 6.45) is 7.21. The molecule has 0 aromatic carbocycles. The molecule has 0 radical (unpaired) electrons. The van der Waals surface area contributed by atoms with Gasteiger partial charge >= 0.3 is 0 Å². The van der Waals surface area contributed by atoms with Gasteiger partial charge in [0.25, 0.3) is 0 Å². The van der Waals surface area contributed by atoms with Crippen molar-refractivity contribution in [1.82, 2.24) is 10.5 Å². The molecule has 98 valence electrons. The van der Waals surface area contributed by atoms with Gasteiger partial charge in [-0.2, -0.15) is 0 Å². The Kier molecular flexibility index (Phi) is 2.49. The Hall–Kier alpha value is -0.870. The molecule has 2 fully saturated rings. The van der Waals surface area contributed by atoms with Crippen LogP contribution in [0.1, 0.15) is 49.1 Å². The van der Waals surface area contributed by atoms with E-state index in [2.05, 4.69) is 10.5 Å². The molecule has 1 saturated heterocycles. The van der Waals surface area contributed by atoms with E-state index in [1.54, 1.807) is 0 Å². The van der Waals surface area contributed by atoms with Crippen LogP contribution in [0.25, 0.3) is 0 Å². The average molecular weight is 248 g/mol. The fourth-order valence-electron chi connectivity index (χ4n) is 3.40. The van der Waals surface area contributed by atoms with Crippen molar-refractivity contribution in [3.05, 3.63) is 17.0 Å². The van der Waals surface area contributed by atoms with Crippen LogP contribution in [0.15, 0.2) is 4.52 Å². The molecule has 1 aromatic heterocycles. The van der Waals surface area contributed by atoms with E-state index in [0.717, 1.165) is 50.8 Å². The largest absolute Gasteiger partial charge is 0.381 e. The number of hydrogen-bond donors (Lipinski definition) is 1. The second-order valence-electron chi connectivity index (χ2n) is 5.98. The van der Waals surface area contributed by atoms with E-state index in [9.17, 15) is 0 Å². The molecule has 2 aliphatic carbocycles. The van der Waals surface area contributed by atoms with Crippen LogP contribution in [0.5, 0.6) is 0 Å². The van der Waals surface area contributed by atoms with Crippen molar-refractivity contribution >= 4 is 0 Å². The molecule has 4 rings (SSSR count). The first-order valence-corrected chi connectivity index (χ1v) is 7.16. The van der Waals surface area contributed by atoms with Crippen LogP contribution in [0.3, 0.4) is 0 Å². The standard InChI is InChI=1S/C14H20N2O2/c1-2-10(1)15-9-12-11-3-4-14(13(11)18-16-12)5-7-17-8-6-14/h10,15H,1-9H2. The van der Waals surface area contributed by atoms with Gasteiger partial charge in [-0.05, 0) is 38.5 Å². The quantitative estimate of drug-likeness (QED) is 0.887. The molecule has 3 aliphatic rings. The van der Waals surface area contributed by atoms with Crippen molar-refractivity contribution < 1.29 is 9.26 Å². The number of rotatable bonds is 3. The van der Waals surface area contributed by atoms with Gasteiger partial charge in [0.05, 0.1) is 0 Å². The summed E-state index contributed by atoms with van der Waals surface area (Å²) in [5.74, 6) is 1.18. The van der Waals surface area contributed by atoms with Crippen molar-refractivity contribution in [3.63, 3.8) is 0 Å². The third kappa shape index (κ3) is 1.70. The molecular formula is C14H20N2O2. The molecular weight excluding hydrogens is 228 g/mol. The number of fused-ring (bicyclic) bond motifs is 2. The summed E-state index contributed by atoms with van der Waals surface area (Å²) in [7, 11) is 0. The maximum absolute atomic E-state index is 5.71. The van der Waals surface area contributed by atoms with E-state index in [4.69, 9.17) is 9.26 Å². The molecule has 1 spiro atoms. The van der Waals surface area contributed by atoms with E-state index >= 15 is 0 Å². The van der Waals surface area contributed by atoms with E-state index in [-0.39, 0.29) is 5.41 Å². The topological polar surface area (TPSA) is 47.3 Å². The second-order valence-corrected chi connectivity index (χ2v) is 5.98. The van der Waals surface area contributed by atoms with Crippen LogP contribution in [0, 0.1) is 0 Å². The van der Waals surface area contributed by atoms with Crippen LogP contribution in [0.4, 0.5) is 0 Å². The van der Waals surface area contributed by atoms with Gasteiger partial charge in [-0.15, -0.1) is 0 Å². The Morgan fingerprint density at radius 1 is 1.22 bits per heavy atom. The Labute approximate surface area is 107 Å².